The second-order valence-corrected chi connectivity index (χ2v) is 4.45. The zero-order valence-corrected chi connectivity index (χ0v) is 10.3. The predicted octanol–water partition coefficient (Wildman–Crippen LogP) is 2.82. The molecule has 0 bridgehead atoms. The van der Waals surface area contributed by atoms with Crippen molar-refractivity contribution in [2.24, 2.45) is 0 Å². The van der Waals surface area contributed by atoms with Crippen LogP contribution in [0.5, 0.6) is 0 Å². The lowest BCUT2D eigenvalue weighted by atomic mass is 10.1. The number of ketones is 1. The number of Topliss-reactive ketones (excluding diaryl/α,β-unsaturated/α-hetero) is 1. The van der Waals surface area contributed by atoms with Crippen molar-refractivity contribution in [2.75, 3.05) is 6.54 Å². The molecule has 0 aliphatic carbocycles. The maximum absolute atomic E-state index is 12.5. The standard InChI is InChI=1S/C13H16F3NO/c1-9(2)17-8-12(18)7-10-4-3-5-11(6-10)13(14,15)16/h3-6,9,17H,7-8H2,1-2H3. The van der Waals surface area contributed by atoms with E-state index in [0.29, 0.717) is 5.56 Å². The molecule has 0 fully saturated rings. The molecule has 100 valence electrons. The summed E-state index contributed by atoms with van der Waals surface area (Å²) < 4.78 is 37.4. The van der Waals surface area contributed by atoms with Crippen LogP contribution in [0.15, 0.2) is 24.3 Å². The van der Waals surface area contributed by atoms with Gasteiger partial charge in [-0.05, 0) is 11.6 Å². The monoisotopic (exact) mass is 259 g/mol. The molecule has 0 amide bonds. The molecule has 1 aromatic carbocycles. The van der Waals surface area contributed by atoms with Crippen molar-refractivity contribution in [3.8, 4) is 0 Å². The normalized spacial score (nSPS) is 11.9. The Balaban J connectivity index is 2.65. The number of hydrogen-bond acceptors (Lipinski definition) is 2. The maximum atomic E-state index is 12.5. The summed E-state index contributed by atoms with van der Waals surface area (Å²) in [5, 5.41) is 2.94. The van der Waals surface area contributed by atoms with Gasteiger partial charge in [-0.1, -0.05) is 32.0 Å². The van der Waals surface area contributed by atoms with Crippen LogP contribution in [-0.4, -0.2) is 18.4 Å². The van der Waals surface area contributed by atoms with Gasteiger partial charge in [0, 0.05) is 12.5 Å². The molecule has 0 aliphatic rings. The smallest absolute Gasteiger partial charge is 0.308 e. The lowest BCUT2D eigenvalue weighted by Gasteiger charge is -2.09. The van der Waals surface area contributed by atoms with Crippen molar-refractivity contribution in [1.29, 1.82) is 0 Å². The van der Waals surface area contributed by atoms with Gasteiger partial charge in [-0.3, -0.25) is 4.79 Å². The fraction of sp³-hybridized carbons (Fsp3) is 0.462. The van der Waals surface area contributed by atoms with Crippen molar-refractivity contribution in [3.05, 3.63) is 35.4 Å². The van der Waals surface area contributed by atoms with E-state index < -0.39 is 11.7 Å². The first-order valence-electron chi connectivity index (χ1n) is 5.70. The summed E-state index contributed by atoms with van der Waals surface area (Å²) in [5.74, 6) is -0.122. The molecule has 0 atom stereocenters. The van der Waals surface area contributed by atoms with E-state index >= 15 is 0 Å². The second-order valence-electron chi connectivity index (χ2n) is 4.45. The maximum Gasteiger partial charge on any atom is 0.416 e. The third-order valence-electron chi connectivity index (χ3n) is 2.36. The van der Waals surface area contributed by atoms with Gasteiger partial charge in [0.2, 0.25) is 0 Å². The number of halogens is 3. The van der Waals surface area contributed by atoms with Crippen molar-refractivity contribution in [3.63, 3.8) is 0 Å². The number of carbonyl (C=O) groups is 1. The molecule has 0 saturated heterocycles. The topological polar surface area (TPSA) is 29.1 Å². The molecule has 0 heterocycles. The summed E-state index contributed by atoms with van der Waals surface area (Å²) in [6, 6.07) is 5.05. The van der Waals surface area contributed by atoms with Crippen LogP contribution in [0.4, 0.5) is 13.2 Å². The molecule has 0 spiro atoms. The number of hydrogen-bond donors (Lipinski definition) is 1. The molecule has 0 unspecified atom stereocenters. The van der Waals surface area contributed by atoms with E-state index in [9.17, 15) is 18.0 Å². The van der Waals surface area contributed by atoms with Gasteiger partial charge in [-0.2, -0.15) is 13.2 Å². The van der Waals surface area contributed by atoms with E-state index in [1.54, 1.807) is 0 Å². The summed E-state index contributed by atoms with van der Waals surface area (Å²) in [7, 11) is 0. The minimum atomic E-state index is -4.37. The largest absolute Gasteiger partial charge is 0.416 e. The minimum absolute atomic E-state index is 0.0175. The Bertz CT molecular complexity index is 413. The highest BCUT2D eigenvalue weighted by molar-refractivity contribution is 5.82. The molecule has 18 heavy (non-hydrogen) atoms. The molecule has 1 aromatic rings. The van der Waals surface area contributed by atoms with Crippen molar-refractivity contribution in [1.82, 2.24) is 5.32 Å². The number of alkyl halides is 3. The number of carbonyl (C=O) groups excluding carboxylic acids is 1. The molecular weight excluding hydrogens is 243 g/mol. The molecule has 1 N–H and O–H groups in total. The van der Waals surface area contributed by atoms with Gasteiger partial charge in [-0.15, -0.1) is 0 Å². The fourth-order valence-electron chi connectivity index (χ4n) is 1.47. The van der Waals surface area contributed by atoms with Crippen LogP contribution in [0.3, 0.4) is 0 Å². The van der Waals surface area contributed by atoms with Crippen LogP contribution in [0, 0.1) is 0 Å². The Morgan fingerprint density at radius 3 is 2.56 bits per heavy atom. The zero-order chi connectivity index (χ0) is 13.8. The lowest BCUT2D eigenvalue weighted by molar-refractivity contribution is -0.137. The van der Waals surface area contributed by atoms with Crippen molar-refractivity contribution < 1.29 is 18.0 Å². The molecule has 0 aromatic heterocycles. The van der Waals surface area contributed by atoms with E-state index in [4.69, 9.17) is 0 Å². The molecule has 0 aliphatic heterocycles. The first-order chi connectivity index (χ1) is 8.29. The summed E-state index contributed by atoms with van der Waals surface area (Å²) in [5.41, 5.74) is -0.329. The van der Waals surface area contributed by atoms with Crippen LogP contribution in [0.2, 0.25) is 0 Å². The molecule has 1 rings (SSSR count). The van der Waals surface area contributed by atoms with Gasteiger partial charge in [0.25, 0.3) is 0 Å². The Hall–Kier alpha value is -1.36. The Morgan fingerprint density at radius 2 is 2.00 bits per heavy atom. The van der Waals surface area contributed by atoms with Gasteiger partial charge >= 0.3 is 6.18 Å². The third-order valence-corrected chi connectivity index (χ3v) is 2.36. The Morgan fingerprint density at radius 1 is 1.33 bits per heavy atom. The van der Waals surface area contributed by atoms with E-state index in [2.05, 4.69) is 5.32 Å². The van der Waals surface area contributed by atoms with Crippen LogP contribution in [0.1, 0.15) is 25.0 Å². The van der Waals surface area contributed by atoms with E-state index in [-0.39, 0.29) is 24.8 Å². The second kappa shape index (κ2) is 6.00. The van der Waals surface area contributed by atoms with Gasteiger partial charge in [-0.25, -0.2) is 0 Å². The first kappa shape index (κ1) is 14.7. The Kier molecular flexibility index (Phi) is 4.90. The Labute approximate surface area is 104 Å². The molecule has 2 nitrogen and oxygen atoms in total. The van der Waals surface area contributed by atoms with Crippen LogP contribution >= 0.6 is 0 Å². The highest BCUT2D eigenvalue weighted by atomic mass is 19.4. The summed E-state index contributed by atoms with van der Waals surface area (Å²) in [4.78, 5) is 11.5. The van der Waals surface area contributed by atoms with Crippen molar-refractivity contribution in [2.45, 2.75) is 32.5 Å². The number of rotatable bonds is 5. The molecule has 0 saturated carbocycles. The highest BCUT2D eigenvalue weighted by Crippen LogP contribution is 2.29. The zero-order valence-electron chi connectivity index (χ0n) is 10.3. The molecule has 5 heteroatoms. The van der Waals surface area contributed by atoms with Crippen LogP contribution < -0.4 is 5.32 Å². The van der Waals surface area contributed by atoms with Crippen molar-refractivity contribution >= 4 is 5.78 Å². The average molecular weight is 259 g/mol. The van der Waals surface area contributed by atoms with Gasteiger partial charge in [0.05, 0.1) is 12.1 Å². The van der Waals surface area contributed by atoms with Crippen LogP contribution in [-0.2, 0) is 17.4 Å². The SMILES string of the molecule is CC(C)NCC(=O)Cc1cccc(C(F)(F)F)c1. The molecule has 0 radical (unpaired) electrons. The third kappa shape index (κ3) is 4.87. The average Bonchev–Trinajstić information content (AvgIpc) is 2.25. The highest BCUT2D eigenvalue weighted by Gasteiger charge is 2.30. The fourth-order valence-corrected chi connectivity index (χ4v) is 1.47. The minimum Gasteiger partial charge on any atom is -0.308 e. The summed E-state index contributed by atoms with van der Waals surface area (Å²) in [6.07, 6.45) is -4.35. The quantitative estimate of drug-likeness (QED) is 0.881. The summed E-state index contributed by atoms with van der Waals surface area (Å²) >= 11 is 0. The number of nitrogens with one attached hydrogen (secondary N) is 1. The first-order valence-corrected chi connectivity index (χ1v) is 5.70. The van der Waals surface area contributed by atoms with Gasteiger partial charge < -0.3 is 5.32 Å². The van der Waals surface area contributed by atoms with E-state index in [1.807, 2.05) is 13.8 Å². The molecular formula is C13H16F3NO. The van der Waals surface area contributed by atoms with Gasteiger partial charge in [0.15, 0.2) is 5.78 Å². The van der Waals surface area contributed by atoms with E-state index in [0.717, 1.165) is 12.1 Å². The van der Waals surface area contributed by atoms with Gasteiger partial charge in [0.1, 0.15) is 0 Å². The lowest BCUT2D eigenvalue weighted by Crippen LogP contribution is -2.30. The van der Waals surface area contributed by atoms with Crippen LogP contribution in [0.25, 0.3) is 0 Å². The van der Waals surface area contributed by atoms with E-state index in [1.165, 1.54) is 12.1 Å². The predicted molar refractivity (Wildman–Crippen MR) is 63.3 cm³/mol. The summed E-state index contributed by atoms with van der Waals surface area (Å²) in [6.45, 7) is 3.98. The number of benzene rings is 1.